The fraction of sp³-hybridized carbons (Fsp3) is 0.304. The van der Waals surface area contributed by atoms with Gasteiger partial charge in [0.2, 0.25) is 6.79 Å². The van der Waals surface area contributed by atoms with E-state index in [4.69, 9.17) is 31.0 Å². The van der Waals surface area contributed by atoms with Crippen LogP contribution in [0.2, 0.25) is 5.02 Å². The zero-order valence-electron chi connectivity index (χ0n) is 18.5. The standard InChI is InChI=1S/C23H23ClN6O2.ClH/c1-23(2,3)22-26-20(25-11-14-8-9-17-18(10-14)32-13-31-17)19-21(27-22)30(29-28-19)12-15-6-4-5-7-16(15)24;/h4-10H,11-13H2,1-3H3,(H,25,26,27);1H. The minimum atomic E-state index is -0.247. The summed E-state index contributed by atoms with van der Waals surface area (Å²) in [4.78, 5) is 9.58. The quantitative estimate of drug-likeness (QED) is 0.425. The predicted molar refractivity (Wildman–Crippen MR) is 130 cm³/mol. The summed E-state index contributed by atoms with van der Waals surface area (Å²) in [5, 5.41) is 12.8. The van der Waals surface area contributed by atoms with Crippen LogP contribution in [0, 0.1) is 0 Å². The number of hydrogen-bond donors (Lipinski definition) is 1. The van der Waals surface area contributed by atoms with E-state index >= 15 is 0 Å². The highest BCUT2D eigenvalue weighted by atomic mass is 35.5. The lowest BCUT2D eigenvalue weighted by atomic mass is 9.96. The highest BCUT2D eigenvalue weighted by Gasteiger charge is 2.23. The second kappa shape index (κ2) is 9.03. The molecule has 0 aliphatic carbocycles. The number of aromatic nitrogens is 5. The summed E-state index contributed by atoms with van der Waals surface area (Å²) < 4.78 is 12.6. The molecule has 0 amide bonds. The number of anilines is 1. The smallest absolute Gasteiger partial charge is 0.231 e. The molecular formula is C23H24Cl2N6O2. The summed E-state index contributed by atoms with van der Waals surface area (Å²) in [5.41, 5.74) is 3.03. The number of nitrogens with one attached hydrogen (secondary N) is 1. The van der Waals surface area contributed by atoms with Gasteiger partial charge >= 0.3 is 0 Å². The first-order valence-corrected chi connectivity index (χ1v) is 10.7. The molecule has 0 saturated carbocycles. The van der Waals surface area contributed by atoms with Gasteiger partial charge in [-0.3, -0.25) is 0 Å². The zero-order chi connectivity index (χ0) is 22.3. The molecule has 5 rings (SSSR count). The maximum Gasteiger partial charge on any atom is 0.231 e. The van der Waals surface area contributed by atoms with Crippen LogP contribution in [0.15, 0.2) is 42.5 Å². The molecule has 0 atom stereocenters. The Balaban J connectivity index is 0.00000259. The second-order valence-corrected chi connectivity index (χ2v) is 9.10. The van der Waals surface area contributed by atoms with Gasteiger partial charge in [-0.2, -0.15) is 0 Å². The molecule has 0 spiro atoms. The van der Waals surface area contributed by atoms with Gasteiger partial charge in [0.1, 0.15) is 5.82 Å². The summed E-state index contributed by atoms with van der Waals surface area (Å²) in [5.74, 6) is 2.86. The van der Waals surface area contributed by atoms with Crippen molar-refractivity contribution in [3.05, 3.63) is 64.4 Å². The number of rotatable bonds is 5. The molecule has 0 bridgehead atoms. The lowest BCUT2D eigenvalue weighted by Gasteiger charge is -2.18. The number of fused-ring (bicyclic) bond motifs is 2. The van der Waals surface area contributed by atoms with Crippen LogP contribution in [0.4, 0.5) is 5.82 Å². The van der Waals surface area contributed by atoms with Crippen LogP contribution in [0.1, 0.15) is 37.7 Å². The Labute approximate surface area is 202 Å². The van der Waals surface area contributed by atoms with Gasteiger partial charge in [-0.15, -0.1) is 17.5 Å². The van der Waals surface area contributed by atoms with Crippen LogP contribution in [0.3, 0.4) is 0 Å². The lowest BCUT2D eigenvalue weighted by Crippen LogP contribution is -2.18. The Hall–Kier alpha value is -3.10. The Morgan fingerprint density at radius 3 is 2.64 bits per heavy atom. The molecule has 33 heavy (non-hydrogen) atoms. The molecule has 0 saturated heterocycles. The molecule has 2 aromatic carbocycles. The molecule has 1 aliphatic rings. The molecule has 4 aromatic rings. The largest absolute Gasteiger partial charge is 0.454 e. The summed E-state index contributed by atoms with van der Waals surface area (Å²) in [6.45, 7) is 7.51. The minimum absolute atomic E-state index is 0. The van der Waals surface area contributed by atoms with E-state index in [9.17, 15) is 0 Å². The van der Waals surface area contributed by atoms with Crippen molar-refractivity contribution in [2.45, 2.75) is 39.3 Å². The third kappa shape index (κ3) is 4.67. The van der Waals surface area contributed by atoms with Crippen LogP contribution in [0.25, 0.3) is 11.2 Å². The van der Waals surface area contributed by atoms with Gasteiger partial charge in [-0.05, 0) is 29.3 Å². The number of hydrogen-bond acceptors (Lipinski definition) is 7. The van der Waals surface area contributed by atoms with Crippen molar-refractivity contribution in [2.24, 2.45) is 0 Å². The Bertz CT molecular complexity index is 1300. The van der Waals surface area contributed by atoms with Crippen molar-refractivity contribution in [3.8, 4) is 11.5 Å². The molecule has 0 unspecified atom stereocenters. The van der Waals surface area contributed by atoms with Crippen molar-refractivity contribution in [1.82, 2.24) is 25.0 Å². The van der Waals surface area contributed by atoms with Crippen LogP contribution >= 0.6 is 24.0 Å². The molecule has 8 nitrogen and oxygen atoms in total. The monoisotopic (exact) mass is 486 g/mol. The molecule has 172 valence electrons. The highest BCUT2D eigenvalue weighted by Crippen LogP contribution is 2.33. The Morgan fingerprint density at radius 1 is 1.06 bits per heavy atom. The second-order valence-electron chi connectivity index (χ2n) is 8.70. The van der Waals surface area contributed by atoms with E-state index in [1.54, 1.807) is 4.68 Å². The molecule has 2 aromatic heterocycles. The van der Waals surface area contributed by atoms with Gasteiger partial charge in [0, 0.05) is 17.0 Å². The first kappa shape index (κ1) is 23.1. The number of benzene rings is 2. The molecule has 0 fully saturated rings. The summed E-state index contributed by atoms with van der Waals surface area (Å²) in [7, 11) is 0. The minimum Gasteiger partial charge on any atom is -0.454 e. The maximum atomic E-state index is 6.36. The maximum absolute atomic E-state index is 6.36. The van der Waals surface area contributed by atoms with E-state index in [1.165, 1.54) is 0 Å². The fourth-order valence-corrected chi connectivity index (χ4v) is 3.64. The Kier molecular flexibility index (Phi) is 6.32. The third-order valence-corrected chi connectivity index (χ3v) is 5.58. The highest BCUT2D eigenvalue weighted by molar-refractivity contribution is 6.31. The zero-order valence-corrected chi connectivity index (χ0v) is 20.1. The molecule has 1 aliphatic heterocycles. The summed E-state index contributed by atoms with van der Waals surface area (Å²) in [6, 6.07) is 13.6. The third-order valence-electron chi connectivity index (χ3n) is 5.21. The average molecular weight is 487 g/mol. The van der Waals surface area contributed by atoms with E-state index in [0.29, 0.717) is 40.9 Å². The van der Waals surface area contributed by atoms with E-state index in [2.05, 4.69) is 36.4 Å². The van der Waals surface area contributed by atoms with E-state index in [1.807, 2.05) is 42.5 Å². The topological polar surface area (TPSA) is 87.0 Å². The van der Waals surface area contributed by atoms with Crippen molar-refractivity contribution >= 4 is 41.0 Å². The van der Waals surface area contributed by atoms with Crippen molar-refractivity contribution < 1.29 is 9.47 Å². The van der Waals surface area contributed by atoms with E-state index in [-0.39, 0.29) is 24.6 Å². The molecule has 3 heterocycles. The van der Waals surface area contributed by atoms with Gasteiger partial charge in [0.15, 0.2) is 28.5 Å². The van der Waals surface area contributed by atoms with E-state index < -0.39 is 0 Å². The fourth-order valence-electron chi connectivity index (χ4n) is 3.45. The molecular weight excluding hydrogens is 463 g/mol. The SMILES string of the molecule is CC(C)(C)c1nc(NCc2ccc3c(c2)OCO3)c2nnn(Cc3ccccc3Cl)c2n1.Cl. The molecule has 0 radical (unpaired) electrons. The van der Waals surface area contributed by atoms with E-state index in [0.717, 1.165) is 22.6 Å². The average Bonchev–Trinajstić information content (AvgIpc) is 3.39. The summed E-state index contributed by atoms with van der Waals surface area (Å²) >= 11 is 6.36. The number of halogens is 2. The van der Waals surface area contributed by atoms with Gasteiger partial charge < -0.3 is 14.8 Å². The van der Waals surface area contributed by atoms with Crippen LogP contribution in [-0.2, 0) is 18.5 Å². The summed E-state index contributed by atoms with van der Waals surface area (Å²) in [6.07, 6.45) is 0. The molecule has 1 N–H and O–H groups in total. The first-order valence-electron chi connectivity index (χ1n) is 10.4. The first-order chi connectivity index (χ1) is 15.4. The van der Waals surface area contributed by atoms with Gasteiger partial charge in [0.05, 0.1) is 6.54 Å². The van der Waals surface area contributed by atoms with Crippen molar-refractivity contribution in [3.63, 3.8) is 0 Å². The lowest BCUT2D eigenvalue weighted by molar-refractivity contribution is 0.174. The van der Waals surface area contributed by atoms with Gasteiger partial charge in [-0.25, -0.2) is 14.6 Å². The van der Waals surface area contributed by atoms with Crippen LogP contribution < -0.4 is 14.8 Å². The molecule has 10 heteroatoms. The van der Waals surface area contributed by atoms with Crippen molar-refractivity contribution in [2.75, 3.05) is 12.1 Å². The van der Waals surface area contributed by atoms with Crippen LogP contribution in [0.5, 0.6) is 11.5 Å². The normalized spacial score (nSPS) is 12.6. The predicted octanol–water partition coefficient (Wildman–Crippen LogP) is 4.98. The van der Waals surface area contributed by atoms with Gasteiger partial charge in [-0.1, -0.05) is 61.9 Å². The van der Waals surface area contributed by atoms with Crippen molar-refractivity contribution in [1.29, 1.82) is 0 Å². The number of ether oxygens (including phenoxy) is 2. The number of nitrogens with zero attached hydrogens (tertiary/aromatic N) is 5. The Morgan fingerprint density at radius 2 is 1.85 bits per heavy atom. The van der Waals surface area contributed by atoms with Gasteiger partial charge in [0.25, 0.3) is 0 Å². The van der Waals surface area contributed by atoms with Crippen LogP contribution in [-0.4, -0.2) is 31.8 Å².